The lowest BCUT2D eigenvalue weighted by atomic mass is 9.94. The predicted octanol–water partition coefficient (Wildman–Crippen LogP) is 1.41. The summed E-state index contributed by atoms with van der Waals surface area (Å²) < 4.78 is 18.1. The Labute approximate surface area is 111 Å². The number of hydrogen-bond donors (Lipinski definition) is 2. The normalized spacial score (nSPS) is 18.1. The molecule has 0 unspecified atom stereocenters. The average molecular weight is 267 g/mol. The summed E-state index contributed by atoms with van der Waals surface area (Å²) in [7, 11) is 0. The van der Waals surface area contributed by atoms with E-state index in [0.717, 1.165) is 0 Å². The topological polar surface area (TPSA) is 58.6 Å². The minimum absolute atomic E-state index is 0.187. The smallest absolute Gasteiger partial charge is 0.251 e. The lowest BCUT2D eigenvalue weighted by Gasteiger charge is -2.32. The average Bonchev–Trinajstić information content (AvgIpc) is 2.37. The number of rotatable bonds is 3. The molecule has 4 nitrogen and oxygen atoms in total. The first-order chi connectivity index (χ1) is 9.00. The molecule has 1 saturated heterocycles. The number of hydrogen-bond acceptors (Lipinski definition) is 3. The zero-order chi connectivity index (χ0) is 13.9. The van der Waals surface area contributed by atoms with E-state index >= 15 is 0 Å². The summed E-state index contributed by atoms with van der Waals surface area (Å²) >= 11 is 0. The molecule has 1 aromatic rings. The molecule has 0 bridgehead atoms. The Bertz CT molecular complexity index is 470. The summed E-state index contributed by atoms with van der Waals surface area (Å²) in [5, 5.41) is 12.9. The molecular weight excluding hydrogens is 249 g/mol. The number of aryl methyl sites for hydroxylation is 1. The molecule has 1 aromatic carbocycles. The summed E-state index contributed by atoms with van der Waals surface area (Å²) in [5.74, 6) is -0.658. The van der Waals surface area contributed by atoms with Crippen molar-refractivity contribution >= 4 is 5.91 Å². The van der Waals surface area contributed by atoms with Gasteiger partial charge in [-0.25, -0.2) is 4.39 Å². The van der Waals surface area contributed by atoms with Gasteiger partial charge in [-0.1, -0.05) is 0 Å². The van der Waals surface area contributed by atoms with E-state index in [4.69, 9.17) is 4.74 Å². The second-order valence-corrected chi connectivity index (χ2v) is 4.98. The molecule has 1 aliphatic rings. The van der Waals surface area contributed by atoms with Crippen LogP contribution in [0.15, 0.2) is 18.2 Å². The SMILES string of the molecule is Cc1cc(F)ccc1C(=O)NCC1(O)CCOCC1. The van der Waals surface area contributed by atoms with Gasteiger partial charge in [-0.15, -0.1) is 0 Å². The van der Waals surface area contributed by atoms with Crippen molar-refractivity contribution in [1.82, 2.24) is 5.32 Å². The van der Waals surface area contributed by atoms with Gasteiger partial charge in [0, 0.05) is 38.2 Å². The van der Waals surface area contributed by atoms with Crippen LogP contribution < -0.4 is 5.32 Å². The third kappa shape index (κ3) is 3.52. The zero-order valence-electron chi connectivity index (χ0n) is 10.9. The third-order valence-electron chi connectivity index (χ3n) is 3.43. The summed E-state index contributed by atoms with van der Waals surface area (Å²) in [4.78, 5) is 12.0. The van der Waals surface area contributed by atoms with Crippen molar-refractivity contribution in [2.24, 2.45) is 0 Å². The minimum Gasteiger partial charge on any atom is -0.388 e. The van der Waals surface area contributed by atoms with Gasteiger partial charge in [0.1, 0.15) is 5.82 Å². The maximum absolute atomic E-state index is 13.0. The Kier molecular flexibility index (Phi) is 4.17. The molecule has 0 radical (unpaired) electrons. The number of ether oxygens (including phenoxy) is 1. The number of amides is 1. The van der Waals surface area contributed by atoms with Gasteiger partial charge in [-0.3, -0.25) is 4.79 Å². The maximum atomic E-state index is 13.0. The van der Waals surface area contributed by atoms with Crippen LogP contribution in [0.4, 0.5) is 4.39 Å². The van der Waals surface area contributed by atoms with Gasteiger partial charge in [0.05, 0.1) is 5.60 Å². The summed E-state index contributed by atoms with van der Waals surface area (Å²) in [6.45, 7) is 2.87. The Morgan fingerprint density at radius 2 is 2.16 bits per heavy atom. The minimum atomic E-state index is -0.901. The largest absolute Gasteiger partial charge is 0.388 e. The number of halogens is 1. The van der Waals surface area contributed by atoms with Gasteiger partial charge >= 0.3 is 0 Å². The molecule has 1 aliphatic heterocycles. The Hall–Kier alpha value is -1.46. The molecule has 0 aromatic heterocycles. The second-order valence-electron chi connectivity index (χ2n) is 4.98. The molecule has 0 aliphatic carbocycles. The molecule has 104 valence electrons. The van der Waals surface area contributed by atoms with Crippen molar-refractivity contribution in [3.05, 3.63) is 35.1 Å². The van der Waals surface area contributed by atoms with Crippen molar-refractivity contribution in [2.75, 3.05) is 19.8 Å². The molecule has 0 spiro atoms. The van der Waals surface area contributed by atoms with E-state index < -0.39 is 5.60 Å². The fraction of sp³-hybridized carbons (Fsp3) is 0.500. The highest BCUT2D eigenvalue weighted by atomic mass is 19.1. The third-order valence-corrected chi connectivity index (χ3v) is 3.43. The lowest BCUT2D eigenvalue weighted by molar-refractivity contribution is -0.0605. The van der Waals surface area contributed by atoms with Gasteiger partial charge in [0.25, 0.3) is 5.91 Å². The summed E-state index contributed by atoms with van der Waals surface area (Å²) in [5.41, 5.74) is 0.107. The molecule has 19 heavy (non-hydrogen) atoms. The van der Waals surface area contributed by atoms with Crippen molar-refractivity contribution in [3.63, 3.8) is 0 Å². The zero-order valence-corrected chi connectivity index (χ0v) is 10.9. The van der Waals surface area contributed by atoms with Crippen molar-refractivity contribution in [3.8, 4) is 0 Å². The van der Waals surface area contributed by atoms with Crippen molar-refractivity contribution in [2.45, 2.75) is 25.4 Å². The quantitative estimate of drug-likeness (QED) is 0.870. The van der Waals surface area contributed by atoms with E-state index in [2.05, 4.69) is 5.32 Å². The molecule has 1 amide bonds. The van der Waals surface area contributed by atoms with Crippen LogP contribution in [0.1, 0.15) is 28.8 Å². The van der Waals surface area contributed by atoms with E-state index in [1.54, 1.807) is 6.92 Å². The molecule has 1 fully saturated rings. The summed E-state index contributed by atoms with van der Waals surface area (Å²) in [6.07, 6.45) is 1.02. The van der Waals surface area contributed by atoms with Gasteiger partial charge in [0.2, 0.25) is 0 Å². The molecule has 0 saturated carbocycles. The molecule has 1 heterocycles. The highest BCUT2D eigenvalue weighted by Crippen LogP contribution is 2.19. The van der Waals surface area contributed by atoms with Gasteiger partial charge in [-0.2, -0.15) is 0 Å². The van der Waals surface area contributed by atoms with E-state index in [1.165, 1.54) is 18.2 Å². The fourth-order valence-electron chi connectivity index (χ4n) is 2.15. The van der Waals surface area contributed by atoms with Gasteiger partial charge in [-0.05, 0) is 30.7 Å². The second kappa shape index (κ2) is 5.67. The molecule has 5 heteroatoms. The standard InChI is InChI=1S/C14H18FNO3/c1-10-8-11(15)2-3-12(10)13(17)16-9-14(18)4-6-19-7-5-14/h2-3,8,18H,4-7,9H2,1H3,(H,16,17). The van der Waals surface area contributed by atoms with Gasteiger partial charge < -0.3 is 15.2 Å². The molecular formula is C14H18FNO3. The summed E-state index contributed by atoms with van der Waals surface area (Å²) in [6, 6.07) is 4.02. The highest BCUT2D eigenvalue weighted by molar-refractivity contribution is 5.95. The van der Waals surface area contributed by atoms with E-state index in [0.29, 0.717) is 37.2 Å². The first-order valence-electron chi connectivity index (χ1n) is 6.35. The first-order valence-corrected chi connectivity index (χ1v) is 6.35. The Balaban J connectivity index is 1.97. The number of carbonyl (C=O) groups is 1. The predicted molar refractivity (Wildman–Crippen MR) is 68.5 cm³/mol. The number of benzene rings is 1. The Morgan fingerprint density at radius 3 is 2.79 bits per heavy atom. The fourth-order valence-corrected chi connectivity index (χ4v) is 2.15. The Morgan fingerprint density at radius 1 is 1.47 bits per heavy atom. The van der Waals surface area contributed by atoms with Crippen molar-refractivity contribution in [1.29, 1.82) is 0 Å². The highest BCUT2D eigenvalue weighted by Gasteiger charge is 2.30. The van der Waals surface area contributed by atoms with E-state index in [9.17, 15) is 14.3 Å². The van der Waals surface area contributed by atoms with Crippen LogP contribution >= 0.6 is 0 Å². The van der Waals surface area contributed by atoms with Gasteiger partial charge in [0.15, 0.2) is 0 Å². The van der Waals surface area contributed by atoms with Crippen LogP contribution in [0.2, 0.25) is 0 Å². The van der Waals surface area contributed by atoms with E-state index in [1.807, 2.05) is 0 Å². The van der Waals surface area contributed by atoms with Crippen LogP contribution in [0, 0.1) is 12.7 Å². The number of carbonyl (C=O) groups excluding carboxylic acids is 1. The number of nitrogens with one attached hydrogen (secondary N) is 1. The van der Waals surface area contributed by atoms with Crippen molar-refractivity contribution < 1.29 is 19.0 Å². The molecule has 0 atom stereocenters. The molecule has 2 N–H and O–H groups in total. The molecule has 2 rings (SSSR count). The monoisotopic (exact) mass is 267 g/mol. The van der Waals surface area contributed by atoms with Crippen LogP contribution in [-0.4, -0.2) is 36.4 Å². The van der Waals surface area contributed by atoms with Crippen LogP contribution in [0.3, 0.4) is 0 Å². The maximum Gasteiger partial charge on any atom is 0.251 e. The van der Waals surface area contributed by atoms with E-state index in [-0.39, 0.29) is 18.3 Å². The van der Waals surface area contributed by atoms with Crippen LogP contribution in [0.25, 0.3) is 0 Å². The van der Waals surface area contributed by atoms with Crippen LogP contribution in [0.5, 0.6) is 0 Å². The first kappa shape index (κ1) is 14.0. The number of aliphatic hydroxyl groups is 1. The van der Waals surface area contributed by atoms with Crippen LogP contribution in [-0.2, 0) is 4.74 Å². The lowest BCUT2D eigenvalue weighted by Crippen LogP contribution is -2.46.